The number of aliphatic hydroxyl groups excluding tert-OH is 1. The van der Waals surface area contributed by atoms with Crippen molar-refractivity contribution in [3.05, 3.63) is 27.9 Å². The van der Waals surface area contributed by atoms with Gasteiger partial charge in [-0.1, -0.05) is 20.3 Å². The highest BCUT2D eigenvalue weighted by molar-refractivity contribution is 5.76. The number of rotatable bonds is 7. The fraction of sp³-hybridized carbons (Fsp3) is 0.600. The minimum Gasteiger partial charge on any atom is -0.394 e. The van der Waals surface area contributed by atoms with Gasteiger partial charge in [-0.05, 0) is 12.8 Å². The Bertz CT molecular complexity index is 736. The fourth-order valence-electron chi connectivity index (χ4n) is 2.31. The number of carbonyl (C=O) groups is 1. The molecule has 2 rings (SSSR count). The molecule has 0 radical (unpaired) electrons. The van der Waals surface area contributed by atoms with Crippen molar-refractivity contribution in [1.82, 2.24) is 24.9 Å². The van der Waals surface area contributed by atoms with Crippen LogP contribution >= 0.6 is 0 Å². The highest BCUT2D eigenvalue weighted by Crippen LogP contribution is 2.07. The Labute approximate surface area is 133 Å². The molecule has 0 aromatic carbocycles. The first-order valence-corrected chi connectivity index (χ1v) is 7.80. The van der Waals surface area contributed by atoms with E-state index in [1.54, 1.807) is 6.92 Å². The van der Waals surface area contributed by atoms with Crippen LogP contribution in [0.5, 0.6) is 0 Å². The van der Waals surface area contributed by atoms with Crippen LogP contribution < -0.4 is 10.9 Å². The largest absolute Gasteiger partial charge is 0.394 e. The number of nitrogens with zero attached hydrogens (tertiary/aromatic N) is 3. The number of hydrogen-bond acceptors (Lipinski definition) is 5. The normalized spacial score (nSPS) is 13.9. The number of aromatic nitrogens is 4. The zero-order valence-corrected chi connectivity index (χ0v) is 13.7. The predicted octanol–water partition coefficient (Wildman–Crippen LogP) is 0.182. The molecule has 0 saturated carbocycles. The Balaban J connectivity index is 1.99. The molecule has 2 heterocycles. The van der Waals surface area contributed by atoms with E-state index in [2.05, 4.69) is 20.4 Å². The summed E-state index contributed by atoms with van der Waals surface area (Å²) in [6.45, 7) is 5.65. The van der Waals surface area contributed by atoms with E-state index in [4.69, 9.17) is 0 Å². The van der Waals surface area contributed by atoms with Crippen LogP contribution in [-0.4, -0.2) is 43.2 Å². The molecule has 8 heteroatoms. The van der Waals surface area contributed by atoms with Gasteiger partial charge in [0.1, 0.15) is 5.82 Å². The standard InChI is InChI=1S/C15H23N5O3/c1-4-9(2)11(8-21)17-13(22)6-5-12-18-15-16-10(3)7-14(23)20(15)19-12/h7,9,11,21H,4-6,8H2,1-3H3,(H,17,22)(H,16,18,19)/t9-,11+/m0/s1. The van der Waals surface area contributed by atoms with E-state index in [0.29, 0.717) is 23.7 Å². The van der Waals surface area contributed by atoms with Gasteiger partial charge in [0, 0.05) is 24.6 Å². The molecule has 2 atom stereocenters. The Kier molecular flexibility index (Phi) is 5.49. The zero-order valence-electron chi connectivity index (χ0n) is 13.7. The van der Waals surface area contributed by atoms with Crippen LogP contribution in [0.15, 0.2) is 10.9 Å². The molecule has 0 fully saturated rings. The quantitative estimate of drug-likeness (QED) is 0.673. The highest BCUT2D eigenvalue weighted by atomic mass is 16.3. The van der Waals surface area contributed by atoms with Gasteiger partial charge in [-0.3, -0.25) is 14.7 Å². The van der Waals surface area contributed by atoms with E-state index in [0.717, 1.165) is 6.42 Å². The minimum absolute atomic E-state index is 0.0794. The molecule has 2 aromatic heterocycles. The van der Waals surface area contributed by atoms with Crippen molar-refractivity contribution in [3.63, 3.8) is 0 Å². The van der Waals surface area contributed by atoms with Crippen molar-refractivity contribution >= 4 is 11.7 Å². The van der Waals surface area contributed by atoms with Crippen LogP contribution in [-0.2, 0) is 11.2 Å². The minimum atomic E-state index is -0.241. The number of hydrogen-bond donors (Lipinski definition) is 3. The maximum atomic E-state index is 12.0. The monoisotopic (exact) mass is 321 g/mol. The Morgan fingerprint density at radius 3 is 2.87 bits per heavy atom. The molecular weight excluding hydrogens is 298 g/mol. The number of nitrogens with one attached hydrogen (secondary N) is 2. The van der Waals surface area contributed by atoms with Crippen molar-refractivity contribution in [2.45, 2.75) is 46.1 Å². The van der Waals surface area contributed by atoms with Crippen molar-refractivity contribution in [2.24, 2.45) is 5.92 Å². The molecule has 0 spiro atoms. The maximum Gasteiger partial charge on any atom is 0.274 e. The average Bonchev–Trinajstić information content (AvgIpc) is 2.93. The number of H-pyrrole nitrogens is 1. The summed E-state index contributed by atoms with van der Waals surface area (Å²) in [5, 5.41) is 15.0. The van der Waals surface area contributed by atoms with Gasteiger partial charge in [-0.2, -0.15) is 9.50 Å². The summed E-state index contributed by atoms with van der Waals surface area (Å²) in [4.78, 5) is 32.2. The molecule has 8 nitrogen and oxygen atoms in total. The van der Waals surface area contributed by atoms with E-state index in [9.17, 15) is 14.7 Å². The van der Waals surface area contributed by atoms with Crippen LogP contribution in [0, 0.1) is 12.8 Å². The second-order valence-electron chi connectivity index (χ2n) is 5.78. The molecule has 0 aliphatic carbocycles. The van der Waals surface area contributed by atoms with Gasteiger partial charge in [0.25, 0.3) is 11.3 Å². The van der Waals surface area contributed by atoms with Crippen LogP contribution in [0.25, 0.3) is 5.78 Å². The SMILES string of the molecule is CC[C@H](C)[C@@H](CO)NC(=O)CCc1nc2nc(C)cc(=O)n2[nH]1. The third-order valence-corrected chi connectivity index (χ3v) is 3.97. The van der Waals surface area contributed by atoms with Crippen molar-refractivity contribution in [1.29, 1.82) is 0 Å². The molecule has 0 aliphatic rings. The topological polar surface area (TPSA) is 112 Å². The second-order valence-corrected chi connectivity index (χ2v) is 5.78. The first-order chi connectivity index (χ1) is 10.9. The molecular formula is C15H23N5O3. The molecule has 126 valence electrons. The number of aryl methyl sites for hydroxylation is 2. The van der Waals surface area contributed by atoms with Gasteiger partial charge < -0.3 is 10.4 Å². The maximum absolute atomic E-state index is 12.0. The first-order valence-electron chi connectivity index (χ1n) is 7.80. The first kappa shape index (κ1) is 17.1. The van der Waals surface area contributed by atoms with E-state index >= 15 is 0 Å². The lowest BCUT2D eigenvalue weighted by atomic mass is 10.00. The van der Waals surface area contributed by atoms with Gasteiger partial charge in [0.15, 0.2) is 0 Å². The van der Waals surface area contributed by atoms with Crippen LogP contribution in [0.4, 0.5) is 0 Å². The van der Waals surface area contributed by atoms with Gasteiger partial charge in [-0.25, -0.2) is 4.98 Å². The average molecular weight is 321 g/mol. The van der Waals surface area contributed by atoms with Crippen molar-refractivity contribution < 1.29 is 9.90 Å². The van der Waals surface area contributed by atoms with E-state index in [-0.39, 0.29) is 36.5 Å². The summed E-state index contributed by atoms with van der Waals surface area (Å²) in [7, 11) is 0. The van der Waals surface area contributed by atoms with Crippen molar-refractivity contribution in [3.8, 4) is 0 Å². The van der Waals surface area contributed by atoms with Gasteiger partial charge >= 0.3 is 0 Å². The molecule has 2 aromatic rings. The molecule has 0 aliphatic heterocycles. The molecule has 0 bridgehead atoms. The number of aromatic amines is 1. The lowest BCUT2D eigenvalue weighted by molar-refractivity contribution is -0.122. The zero-order chi connectivity index (χ0) is 17.0. The summed E-state index contributed by atoms with van der Waals surface area (Å²) in [6, 6.07) is 1.18. The number of fused-ring (bicyclic) bond motifs is 1. The molecule has 23 heavy (non-hydrogen) atoms. The van der Waals surface area contributed by atoms with Crippen molar-refractivity contribution in [2.75, 3.05) is 6.61 Å². The van der Waals surface area contributed by atoms with Crippen LogP contribution in [0.2, 0.25) is 0 Å². The predicted molar refractivity (Wildman–Crippen MR) is 85.1 cm³/mol. The molecule has 0 unspecified atom stereocenters. The number of carbonyl (C=O) groups excluding carboxylic acids is 1. The fourth-order valence-corrected chi connectivity index (χ4v) is 2.31. The highest BCUT2D eigenvalue weighted by Gasteiger charge is 2.17. The number of aliphatic hydroxyl groups is 1. The van der Waals surface area contributed by atoms with E-state index in [1.165, 1.54) is 10.6 Å². The van der Waals surface area contributed by atoms with E-state index in [1.807, 2.05) is 13.8 Å². The lowest BCUT2D eigenvalue weighted by Gasteiger charge is -2.21. The van der Waals surface area contributed by atoms with Crippen LogP contribution in [0.1, 0.15) is 38.2 Å². The molecule has 0 saturated heterocycles. The summed E-state index contributed by atoms with van der Waals surface area (Å²) in [5.41, 5.74) is 0.373. The molecule has 1 amide bonds. The Morgan fingerprint density at radius 2 is 2.22 bits per heavy atom. The summed E-state index contributed by atoms with van der Waals surface area (Å²) >= 11 is 0. The lowest BCUT2D eigenvalue weighted by Crippen LogP contribution is -2.41. The third-order valence-electron chi connectivity index (χ3n) is 3.97. The summed E-state index contributed by atoms with van der Waals surface area (Å²) in [5.74, 6) is 0.889. The van der Waals surface area contributed by atoms with Gasteiger partial charge in [-0.15, -0.1) is 0 Å². The summed E-state index contributed by atoms with van der Waals surface area (Å²) < 4.78 is 1.26. The second kappa shape index (κ2) is 7.36. The number of amides is 1. The van der Waals surface area contributed by atoms with Gasteiger partial charge in [0.05, 0.1) is 12.6 Å². The Hall–Kier alpha value is -2.22. The Morgan fingerprint density at radius 1 is 1.48 bits per heavy atom. The summed E-state index contributed by atoms with van der Waals surface area (Å²) in [6.07, 6.45) is 1.47. The third kappa shape index (κ3) is 4.16. The smallest absolute Gasteiger partial charge is 0.274 e. The molecule has 3 N–H and O–H groups in total. The van der Waals surface area contributed by atoms with Gasteiger partial charge in [0.2, 0.25) is 5.91 Å². The van der Waals surface area contributed by atoms with Crippen LogP contribution in [0.3, 0.4) is 0 Å². The van der Waals surface area contributed by atoms with E-state index < -0.39 is 0 Å².